The van der Waals surface area contributed by atoms with Crippen LogP contribution in [0.5, 0.6) is 0 Å². The van der Waals surface area contributed by atoms with Gasteiger partial charge in [0, 0.05) is 49.8 Å². The minimum absolute atomic E-state index is 0.117. The average molecular weight is 515 g/mol. The first kappa shape index (κ1) is 24.0. The predicted octanol–water partition coefficient (Wildman–Crippen LogP) is 5.29. The number of nitrogens with one attached hydrogen (secondary N) is 1. The van der Waals surface area contributed by atoms with Gasteiger partial charge >= 0.3 is 0 Å². The van der Waals surface area contributed by atoms with Gasteiger partial charge in [-0.1, -0.05) is 35.9 Å². The molecule has 2 aliphatic heterocycles. The minimum Gasteiger partial charge on any atom is -0.371 e. The van der Waals surface area contributed by atoms with Gasteiger partial charge in [-0.15, -0.1) is 0 Å². The molecular formula is C30H31ClN4O2. The molecule has 190 valence electrons. The van der Waals surface area contributed by atoms with Gasteiger partial charge in [0.2, 0.25) is 0 Å². The Morgan fingerprint density at radius 3 is 2.43 bits per heavy atom. The zero-order valence-corrected chi connectivity index (χ0v) is 21.6. The second-order valence-electron chi connectivity index (χ2n) is 10.6. The molecule has 3 heterocycles. The summed E-state index contributed by atoms with van der Waals surface area (Å²) in [5.41, 5.74) is 4.83. The van der Waals surface area contributed by atoms with E-state index in [0.29, 0.717) is 10.6 Å². The van der Waals surface area contributed by atoms with Crippen LogP contribution in [0.3, 0.4) is 0 Å². The smallest absolute Gasteiger partial charge is 0.254 e. The van der Waals surface area contributed by atoms with Crippen molar-refractivity contribution in [3.05, 3.63) is 94.3 Å². The lowest BCUT2D eigenvalue weighted by Gasteiger charge is -2.40. The maximum atomic E-state index is 13.7. The molecule has 0 bridgehead atoms. The van der Waals surface area contributed by atoms with Crippen LogP contribution in [-0.2, 0) is 6.42 Å². The largest absolute Gasteiger partial charge is 0.371 e. The highest BCUT2D eigenvalue weighted by Crippen LogP contribution is 2.42. The van der Waals surface area contributed by atoms with Gasteiger partial charge in [0.25, 0.3) is 11.8 Å². The van der Waals surface area contributed by atoms with E-state index in [0.717, 1.165) is 75.0 Å². The average Bonchev–Trinajstić information content (AvgIpc) is 3.54. The first-order chi connectivity index (χ1) is 18.0. The number of amides is 2. The van der Waals surface area contributed by atoms with Crippen molar-refractivity contribution in [3.8, 4) is 0 Å². The summed E-state index contributed by atoms with van der Waals surface area (Å²) in [5.74, 6) is -0.0526. The highest BCUT2D eigenvalue weighted by molar-refractivity contribution is 6.33. The highest BCUT2D eigenvalue weighted by atomic mass is 35.5. The highest BCUT2D eigenvalue weighted by Gasteiger charge is 2.43. The Hall–Kier alpha value is -3.38. The number of anilines is 1. The van der Waals surface area contributed by atoms with Crippen molar-refractivity contribution in [2.75, 3.05) is 31.1 Å². The molecule has 3 aromatic rings. The van der Waals surface area contributed by atoms with E-state index in [1.165, 1.54) is 5.69 Å². The number of nitrogens with zero attached hydrogens (tertiary/aromatic N) is 3. The molecule has 7 heteroatoms. The maximum absolute atomic E-state index is 13.7. The van der Waals surface area contributed by atoms with E-state index >= 15 is 0 Å². The predicted molar refractivity (Wildman–Crippen MR) is 145 cm³/mol. The van der Waals surface area contributed by atoms with Gasteiger partial charge in [-0.3, -0.25) is 14.6 Å². The number of fused-ring (bicyclic) bond motifs is 1. The second-order valence-corrected chi connectivity index (χ2v) is 11.0. The third-order valence-corrected chi connectivity index (χ3v) is 8.83. The third-order valence-electron chi connectivity index (χ3n) is 8.50. The second kappa shape index (κ2) is 9.82. The fourth-order valence-corrected chi connectivity index (χ4v) is 6.59. The molecule has 2 fully saturated rings. The normalized spacial score (nSPS) is 20.2. The Morgan fingerprint density at radius 2 is 1.65 bits per heavy atom. The van der Waals surface area contributed by atoms with E-state index in [4.69, 9.17) is 11.6 Å². The molecule has 3 aliphatic rings. The summed E-state index contributed by atoms with van der Waals surface area (Å²) in [7, 11) is 0. The summed E-state index contributed by atoms with van der Waals surface area (Å²) in [6.45, 7) is 3.66. The van der Waals surface area contributed by atoms with Crippen LogP contribution < -0.4 is 10.2 Å². The Bertz CT molecular complexity index is 1320. The van der Waals surface area contributed by atoms with Crippen LogP contribution in [0.1, 0.15) is 63.6 Å². The van der Waals surface area contributed by atoms with Crippen molar-refractivity contribution < 1.29 is 9.59 Å². The molecule has 0 saturated carbocycles. The van der Waals surface area contributed by atoms with Crippen molar-refractivity contribution in [1.82, 2.24) is 15.2 Å². The lowest BCUT2D eigenvalue weighted by atomic mass is 9.77. The molecule has 6 rings (SSSR count). The van der Waals surface area contributed by atoms with Crippen LogP contribution in [0.15, 0.2) is 67.0 Å². The molecule has 1 atom stereocenters. The van der Waals surface area contributed by atoms with Crippen molar-refractivity contribution in [1.29, 1.82) is 0 Å². The summed E-state index contributed by atoms with van der Waals surface area (Å²) in [4.78, 5) is 35.2. The Balaban J connectivity index is 1.13. The Labute approximate surface area is 222 Å². The van der Waals surface area contributed by atoms with Crippen molar-refractivity contribution >= 4 is 29.1 Å². The first-order valence-electron chi connectivity index (χ1n) is 13.1. The molecule has 2 saturated heterocycles. The molecule has 6 nitrogen and oxygen atoms in total. The number of piperidine rings is 1. The molecule has 1 aliphatic carbocycles. The zero-order valence-electron chi connectivity index (χ0n) is 20.8. The fourth-order valence-electron chi connectivity index (χ4n) is 6.37. The Kier molecular flexibility index (Phi) is 6.37. The summed E-state index contributed by atoms with van der Waals surface area (Å²) in [6, 6.07) is 17.1. The lowest BCUT2D eigenvalue weighted by molar-refractivity contribution is 0.0763. The molecule has 37 heavy (non-hydrogen) atoms. The SMILES string of the molecule is O=C(NC1CCc2c(C(=O)N3CCC4(CCN(c5ccncc5)CC4)C3)cccc21)c1ccccc1Cl. The van der Waals surface area contributed by atoms with Crippen molar-refractivity contribution in [2.45, 2.75) is 38.1 Å². The number of hydrogen-bond acceptors (Lipinski definition) is 4. The number of hydrogen-bond donors (Lipinski definition) is 1. The number of pyridine rings is 1. The number of rotatable bonds is 4. The van der Waals surface area contributed by atoms with Crippen LogP contribution >= 0.6 is 11.6 Å². The van der Waals surface area contributed by atoms with Crippen LogP contribution in [0.2, 0.25) is 5.02 Å². The van der Waals surface area contributed by atoms with Gasteiger partial charge in [0.15, 0.2) is 0 Å². The zero-order chi connectivity index (χ0) is 25.4. The van der Waals surface area contributed by atoms with Crippen LogP contribution in [-0.4, -0.2) is 47.9 Å². The van der Waals surface area contributed by atoms with Crippen LogP contribution in [0.4, 0.5) is 5.69 Å². The fraction of sp³-hybridized carbons (Fsp3) is 0.367. The van der Waals surface area contributed by atoms with E-state index in [1.54, 1.807) is 12.1 Å². The lowest BCUT2D eigenvalue weighted by Crippen LogP contribution is -2.42. The van der Waals surface area contributed by atoms with E-state index in [9.17, 15) is 9.59 Å². The molecule has 1 aromatic heterocycles. The van der Waals surface area contributed by atoms with Gasteiger partial charge in [-0.25, -0.2) is 0 Å². The quantitative estimate of drug-likeness (QED) is 0.514. The summed E-state index contributed by atoms with van der Waals surface area (Å²) < 4.78 is 0. The molecule has 1 unspecified atom stereocenters. The number of carbonyl (C=O) groups is 2. The molecule has 1 N–H and O–H groups in total. The topological polar surface area (TPSA) is 65.5 Å². The van der Waals surface area contributed by atoms with Gasteiger partial charge in [-0.2, -0.15) is 0 Å². The van der Waals surface area contributed by atoms with Gasteiger partial charge in [0.1, 0.15) is 0 Å². The maximum Gasteiger partial charge on any atom is 0.254 e. The number of benzene rings is 2. The number of likely N-dealkylation sites (tertiary alicyclic amines) is 1. The number of aromatic nitrogens is 1. The monoisotopic (exact) mass is 514 g/mol. The number of carbonyl (C=O) groups excluding carboxylic acids is 2. The van der Waals surface area contributed by atoms with Crippen molar-refractivity contribution in [3.63, 3.8) is 0 Å². The molecule has 1 spiro atoms. The van der Waals surface area contributed by atoms with Crippen molar-refractivity contribution in [2.24, 2.45) is 5.41 Å². The van der Waals surface area contributed by atoms with Gasteiger partial charge < -0.3 is 15.1 Å². The molecule has 2 amide bonds. The molecule has 2 aromatic carbocycles. The van der Waals surface area contributed by atoms with Crippen LogP contribution in [0.25, 0.3) is 0 Å². The van der Waals surface area contributed by atoms with Crippen LogP contribution in [0, 0.1) is 5.41 Å². The third kappa shape index (κ3) is 4.59. The Morgan fingerprint density at radius 1 is 0.919 bits per heavy atom. The number of halogens is 1. The summed E-state index contributed by atoms with van der Waals surface area (Å²) in [5, 5.41) is 3.58. The van der Waals surface area contributed by atoms with Gasteiger partial charge in [-0.05, 0) is 79.0 Å². The van der Waals surface area contributed by atoms with E-state index < -0.39 is 0 Å². The van der Waals surface area contributed by atoms with Gasteiger partial charge in [0.05, 0.1) is 16.6 Å². The molecule has 0 radical (unpaired) electrons. The standard InChI is InChI=1S/C30H31ClN4O2/c31-26-7-2-1-4-25(26)28(36)33-27-9-8-22-23(27)5-3-6-24(22)29(37)35-19-14-30(20-35)12-17-34(18-13-30)21-10-15-32-16-11-21/h1-7,10-11,15-16,27H,8-9,12-14,17-20H2,(H,33,36). The summed E-state index contributed by atoms with van der Waals surface area (Å²) in [6.07, 6.45) is 8.52. The van der Waals surface area contributed by atoms with E-state index in [1.807, 2.05) is 42.7 Å². The van der Waals surface area contributed by atoms with E-state index in [2.05, 4.69) is 32.2 Å². The molecular weight excluding hydrogens is 484 g/mol. The minimum atomic E-state index is -0.181. The van der Waals surface area contributed by atoms with E-state index in [-0.39, 0.29) is 23.3 Å². The summed E-state index contributed by atoms with van der Waals surface area (Å²) >= 11 is 6.23. The first-order valence-corrected chi connectivity index (χ1v) is 13.5.